The predicted octanol–water partition coefficient (Wildman–Crippen LogP) is 0.586. The zero-order valence-corrected chi connectivity index (χ0v) is 12.2. The molecule has 3 rings (SSSR count). The van der Waals surface area contributed by atoms with Gasteiger partial charge in [-0.2, -0.15) is 9.40 Å². The molecule has 1 aromatic heterocycles. The minimum atomic E-state index is -3.39. The van der Waals surface area contributed by atoms with Crippen LogP contribution in [0.4, 0.5) is 0 Å². The Bertz CT molecular complexity index is 589. The molecule has 0 saturated heterocycles. The Kier molecular flexibility index (Phi) is 3.91. The second kappa shape index (κ2) is 5.67. The zero-order valence-electron chi connectivity index (χ0n) is 11.4. The molecule has 1 aliphatic heterocycles. The Morgan fingerprint density at radius 3 is 2.90 bits per heavy atom. The number of hydrogen-bond acceptors (Lipinski definition) is 4. The minimum absolute atomic E-state index is 0.291. The zero-order chi connectivity index (χ0) is 14.0. The van der Waals surface area contributed by atoms with Crippen molar-refractivity contribution in [3.8, 4) is 0 Å². The van der Waals surface area contributed by atoms with Gasteiger partial charge in [-0.1, -0.05) is 12.2 Å². The van der Waals surface area contributed by atoms with Crippen molar-refractivity contribution in [1.82, 2.24) is 19.4 Å². The van der Waals surface area contributed by atoms with Crippen molar-refractivity contribution in [2.24, 2.45) is 0 Å². The molecular formula is C13H20N4O2S. The van der Waals surface area contributed by atoms with E-state index in [1.165, 1.54) is 23.3 Å². The van der Waals surface area contributed by atoms with Gasteiger partial charge in [0, 0.05) is 31.9 Å². The van der Waals surface area contributed by atoms with Crippen LogP contribution in [0.3, 0.4) is 0 Å². The van der Waals surface area contributed by atoms with Gasteiger partial charge in [0.1, 0.15) is 4.90 Å². The third kappa shape index (κ3) is 3.11. The number of rotatable bonds is 6. The van der Waals surface area contributed by atoms with Crippen LogP contribution in [-0.2, 0) is 16.6 Å². The quantitative estimate of drug-likeness (QED) is 0.780. The fourth-order valence-corrected chi connectivity index (χ4v) is 3.62. The molecule has 110 valence electrons. The standard InChI is InChI=1S/C13H20N4O2S/c18-20(19,17-7-2-1-3-8-17)13-10-15-16(11-13)9-6-14-12-4-5-12/h1-2,10-12,14H,3-9H2. The van der Waals surface area contributed by atoms with Gasteiger partial charge in [-0.05, 0) is 19.3 Å². The van der Waals surface area contributed by atoms with Gasteiger partial charge in [-0.25, -0.2) is 8.42 Å². The Morgan fingerprint density at radius 1 is 1.35 bits per heavy atom. The van der Waals surface area contributed by atoms with Gasteiger partial charge in [0.25, 0.3) is 0 Å². The third-order valence-electron chi connectivity index (χ3n) is 3.62. The molecule has 0 aromatic carbocycles. The second-order valence-corrected chi connectivity index (χ2v) is 7.23. The fraction of sp³-hybridized carbons (Fsp3) is 0.615. The molecule has 1 N–H and O–H groups in total. The van der Waals surface area contributed by atoms with E-state index in [4.69, 9.17) is 0 Å². The first-order valence-corrected chi connectivity index (χ1v) is 8.51. The molecule has 1 aromatic rings. The van der Waals surface area contributed by atoms with Crippen LogP contribution in [0.25, 0.3) is 0 Å². The maximum Gasteiger partial charge on any atom is 0.246 e. The van der Waals surface area contributed by atoms with Crippen molar-refractivity contribution >= 4 is 10.0 Å². The predicted molar refractivity (Wildman–Crippen MR) is 75.8 cm³/mol. The lowest BCUT2D eigenvalue weighted by molar-refractivity contribution is 0.437. The summed E-state index contributed by atoms with van der Waals surface area (Å²) in [6.45, 7) is 2.54. The summed E-state index contributed by atoms with van der Waals surface area (Å²) < 4.78 is 28.0. The van der Waals surface area contributed by atoms with Crippen molar-refractivity contribution in [2.45, 2.75) is 36.7 Å². The van der Waals surface area contributed by atoms with E-state index < -0.39 is 10.0 Å². The molecular weight excluding hydrogens is 276 g/mol. The number of nitrogens with zero attached hydrogens (tertiary/aromatic N) is 3. The summed E-state index contributed by atoms with van der Waals surface area (Å²) in [6.07, 6.45) is 10.3. The Labute approximate surface area is 119 Å². The Balaban J connectivity index is 1.63. The monoisotopic (exact) mass is 296 g/mol. The molecule has 0 unspecified atom stereocenters. The van der Waals surface area contributed by atoms with E-state index in [-0.39, 0.29) is 0 Å². The van der Waals surface area contributed by atoms with Gasteiger partial charge >= 0.3 is 0 Å². The third-order valence-corrected chi connectivity index (χ3v) is 5.44. The van der Waals surface area contributed by atoms with E-state index in [1.54, 1.807) is 10.9 Å². The van der Waals surface area contributed by atoms with Crippen LogP contribution in [0.5, 0.6) is 0 Å². The van der Waals surface area contributed by atoms with Crippen LogP contribution in [0, 0.1) is 0 Å². The van der Waals surface area contributed by atoms with Crippen LogP contribution < -0.4 is 5.32 Å². The first kappa shape index (κ1) is 13.8. The van der Waals surface area contributed by atoms with E-state index in [0.29, 0.717) is 30.6 Å². The van der Waals surface area contributed by atoms with Gasteiger partial charge in [-0.3, -0.25) is 4.68 Å². The molecule has 0 amide bonds. The van der Waals surface area contributed by atoms with Gasteiger partial charge in [0.2, 0.25) is 10.0 Å². The average Bonchev–Trinajstić information content (AvgIpc) is 3.15. The molecule has 1 fully saturated rings. The SMILES string of the molecule is O=S(=O)(c1cnn(CCNC2CC2)c1)N1CC=CCC1. The fourth-order valence-electron chi connectivity index (χ4n) is 2.26. The molecule has 7 heteroatoms. The van der Waals surface area contributed by atoms with Crippen molar-refractivity contribution in [3.05, 3.63) is 24.5 Å². The molecule has 1 saturated carbocycles. The lowest BCUT2D eigenvalue weighted by Gasteiger charge is -2.21. The number of hydrogen-bond donors (Lipinski definition) is 1. The molecule has 0 spiro atoms. The Hall–Kier alpha value is -1.18. The molecule has 20 heavy (non-hydrogen) atoms. The average molecular weight is 296 g/mol. The highest BCUT2D eigenvalue weighted by atomic mass is 32.2. The van der Waals surface area contributed by atoms with E-state index in [9.17, 15) is 8.42 Å². The van der Waals surface area contributed by atoms with Gasteiger partial charge in [-0.15, -0.1) is 0 Å². The smallest absolute Gasteiger partial charge is 0.246 e. The number of aromatic nitrogens is 2. The minimum Gasteiger partial charge on any atom is -0.312 e. The van der Waals surface area contributed by atoms with Crippen LogP contribution in [-0.4, -0.2) is 48.2 Å². The molecule has 1 aliphatic carbocycles. The van der Waals surface area contributed by atoms with Crippen LogP contribution >= 0.6 is 0 Å². The highest BCUT2D eigenvalue weighted by molar-refractivity contribution is 7.89. The molecule has 2 heterocycles. The molecule has 0 bridgehead atoms. The summed E-state index contributed by atoms with van der Waals surface area (Å²) in [4.78, 5) is 0.291. The summed E-state index contributed by atoms with van der Waals surface area (Å²) >= 11 is 0. The van der Waals surface area contributed by atoms with Crippen LogP contribution in [0.1, 0.15) is 19.3 Å². The van der Waals surface area contributed by atoms with E-state index >= 15 is 0 Å². The summed E-state index contributed by atoms with van der Waals surface area (Å²) in [5.74, 6) is 0. The summed E-state index contributed by atoms with van der Waals surface area (Å²) in [5.41, 5.74) is 0. The van der Waals surface area contributed by atoms with Crippen LogP contribution in [0.15, 0.2) is 29.4 Å². The maximum atomic E-state index is 12.4. The lowest BCUT2D eigenvalue weighted by Crippen LogP contribution is -2.33. The van der Waals surface area contributed by atoms with Crippen molar-refractivity contribution in [2.75, 3.05) is 19.6 Å². The van der Waals surface area contributed by atoms with Crippen molar-refractivity contribution < 1.29 is 8.42 Å². The normalized spacial score (nSPS) is 20.4. The van der Waals surface area contributed by atoms with Crippen molar-refractivity contribution in [1.29, 1.82) is 0 Å². The number of sulfonamides is 1. The van der Waals surface area contributed by atoms with E-state index in [2.05, 4.69) is 10.4 Å². The summed E-state index contributed by atoms with van der Waals surface area (Å²) in [5, 5.41) is 7.53. The van der Waals surface area contributed by atoms with E-state index in [0.717, 1.165) is 13.0 Å². The van der Waals surface area contributed by atoms with Gasteiger partial charge in [0.05, 0.1) is 12.7 Å². The van der Waals surface area contributed by atoms with Gasteiger partial charge < -0.3 is 5.32 Å². The maximum absolute atomic E-state index is 12.4. The highest BCUT2D eigenvalue weighted by Gasteiger charge is 2.26. The number of nitrogens with one attached hydrogen (secondary N) is 1. The molecule has 0 atom stereocenters. The molecule has 6 nitrogen and oxygen atoms in total. The Morgan fingerprint density at radius 2 is 2.20 bits per heavy atom. The van der Waals surface area contributed by atoms with Gasteiger partial charge in [0.15, 0.2) is 0 Å². The largest absolute Gasteiger partial charge is 0.312 e. The molecule has 0 radical (unpaired) electrons. The second-order valence-electron chi connectivity index (χ2n) is 5.29. The lowest BCUT2D eigenvalue weighted by atomic mass is 10.3. The summed E-state index contributed by atoms with van der Waals surface area (Å²) in [7, 11) is -3.39. The highest BCUT2D eigenvalue weighted by Crippen LogP contribution is 2.19. The van der Waals surface area contributed by atoms with E-state index in [1.807, 2.05) is 12.2 Å². The topological polar surface area (TPSA) is 67.2 Å². The molecule has 2 aliphatic rings. The first-order chi connectivity index (χ1) is 9.66. The first-order valence-electron chi connectivity index (χ1n) is 7.07. The summed E-state index contributed by atoms with van der Waals surface area (Å²) in [6, 6.07) is 0.661. The van der Waals surface area contributed by atoms with Crippen molar-refractivity contribution in [3.63, 3.8) is 0 Å². The van der Waals surface area contributed by atoms with Crippen LogP contribution in [0.2, 0.25) is 0 Å².